The number of carbonyl (C=O) groups excluding carboxylic acids is 3. The van der Waals surface area contributed by atoms with Gasteiger partial charge in [-0.15, -0.1) is 11.3 Å². The van der Waals surface area contributed by atoms with Gasteiger partial charge in [-0.3, -0.25) is 9.59 Å². The fourth-order valence-electron chi connectivity index (χ4n) is 3.62. The molecule has 2 aromatic carbocycles. The van der Waals surface area contributed by atoms with Crippen molar-refractivity contribution in [1.29, 1.82) is 5.26 Å². The standard InChI is InChI=1S/C25H22N4O6S/c1-33-15-7-8-16(19(11-15)34-2)21(30)22-20(27)17(12-26)24(36-22)28-14-5-3-13(4-6-14)23(31)29-18-9-10-35-25(18)32/h3-8,11,18,28H,9-10,27H2,1-2H3,(H,29,31). The van der Waals surface area contributed by atoms with E-state index in [-0.39, 0.29) is 34.1 Å². The Morgan fingerprint density at radius 2 is 1.92 bits per heavy atom. The maximum atomic E-state index is 13.3. The van der Waals surface area contributed by atoms with E-state index in [9.17, 15) is 19.6 Å². The molecule has 4 N–H and O–H groups in total. The SMILES string of the molecule is COc1ccc(C(=O)c2sc(Nc3ccc(C(=O)NC4CCOC4=O)cc3)c(C#N)c2N)c(OC)c1. The van der Waals surface area contributed by atoms with Crippen molar-refractivity contribution < 1.29 is 28.6 Å². The number of nitrogens with two attached hydrogens (primary N) is 1. The molecule has 184 valence electrons. The van der Waals surface area contributed by atoms with E-state index >= 15 is 0 Å². The highest BCUT2D eigenvalue weighted by molar-refractivity contribution is 7.19. The predicted molar refractivity (Wildman–Crippen MR) is 133 cm³/mol. The smallest absolute Gasteiger partial charge is 0.328 e. The number of nitrogen functional groups attached to an aromatic ring is 1. The van der Waals surface area contributed by atoms with Crippen molar-refractivity contribution in [2.24, 2.45) is 0 Å². The minimum absolute atomic E-state index is 0.0623. The number of hydrogen-bond acceptors (Lipinski definition) is 10. The highest BCUT2D eigenvalue weighted by atomic mass is 32.1. The largest absolute Gasteiger partial charge is 0.497 e. The number of anilines is 3. The van der Waals surface area contributed by atoms with Crippen molar-refractivity contribution in [3.8, 4) is 17.6 Å². The molecule has 1 amide bonds. The minimum atomic E-state index is -0.650. The fraction of sp³-hybridized carbons (Fsp3) is 0.200. The molecule has 36 heavy (non-hydrogen) atoms. The van der Waals surface area contributed by atoms with Gasteiger partial charge in [0.25, 0.3) is 5.91 Å². The number of cyclic esters (lactones) is 1. The van der Waals surface area contributed by atoms with E-state index in [1.165, 1.54) is 14.2 Å². The number of nitrogens with one attached hydrogen (secondary N) is 2. The summed E-state index contributed by atoms with van der Waals surface area (Å²) in [4.78, 5) is 37.4. The Labute approximate surface area is 210 Å². The Hall–Kier alpha value is -4.56. The van der Waals surface area contributed by atoms with Gasteiger partial charge in [0.2, 0.25) is 5.78 Å². The second-order valence-electron chi connectivity index (χ2n) is 7.74. The minimum Gasteiger partial charge on any atom is -0.497 e. The molecular weight excluding hydrogens is 484 g/mol. The van der Waals surface area contributed by atoms with E-state index in [1.807, 2.05) is 6.07 Å². The van der Waals surface area contributed by atoms with Gasteiger partial charge in [-0.05, 0) is 36.4 Å². The van der Waals surface area contributed by atoms with Crippen molar-refractivity contribution in [1.82, 2.24) is 5.32 Å². The number of nitrogens with zero attached hydrogens (tertiary/aromatic N) is 1. The van der Waals surface area contributed by atoms with Crippen molar-refractivity contribution in [2.75, 3.05) is 31.9 Å². The molecule has 0 spiro atoms. The van der Waals surface area contributed by atoms with E-state index < -0.39 is 17.9 Å². The first-order valence-corrected chi connectivity index (χ1v) is 11.6. The lowest BCUT2D eigenvalue weighted by Gasteiger charge is -2.10. The van der Waals surface area contributed by atoms with Crippen LogP contribution in [0.3, 0.4) is 0 Å². The number of benzene rings is 2. The Bertz CT molecular complexity index is 1380. The molecule has 3 aromatic rings. The van der Waals surface area contributed by atoms with Gasteiger partial charge in [-0.25, -0.2) is 4.79 Å². The molecule has 2 heterocycles. The van der Waals surface area contributed by atoms with Crippen molar-refractivity contribution >= 4 is 45.4 Å². The number of nitriles is 1. The van der Waals surface area contributed by atoms with Gasteiger partial charge >= 0.3 is 5.97 Å². The third-order valence-corrected chi connectivity index (χ3v) is 6.68. The summed E-state index contributed by atoms with van der Waals surface area (Å²) in [5.74, 6) is -0.384. The summed E-state index contributed by atoms with van der Waals surface area (Å²) in [5, 5.41) is 15.8. The molecule has 0 bridgehead atoms. The summed E-state index contributed by atoms with van der Waals surface area (Å²) in [7, 11) is 2.95. The zero-order chi connectivity index (χ0) is 25.8. The van der Waals surface area contributed by atoms with Crippen LogP contribution in [0.2, 0.25) is 0 Å². The fourth-order valence-corrected chi connectivity index (χ4v) is 4.67. The van der Waals surface area contributed by atoms with Gasteiger partial charge in [-0.1, -0.05) is 0 Å². The summed E-state index contributed by atoms with van der Waals surface area (Å²) in [6.45, 7) is 0.285. The summed E-state index contributed by atoms with van der Waals surface area (Å²) in [6, 6.07) is 12.6. The molecule has 10 nitrogen and oxygen atoms in total. The molecule has 0 aliphatic carbocycles. The average Bonchev–Trinajstić information content (AvgIpc) is 3.44. The van der Waals surface area contributed by atoms with Crippen LogP contribution in [0.4, 0.5) is 16.4 Å². The predicted octanol–water partition coefficient (Wildman–Crippen LogP) is 3.24. The van der Waals surface area contributed by atoms with Crippen molar-refractivity contribution in [2.45, 2.75) is 12.5 Å². The van der Waals surface area contributed by atoms with Gasteiger partial charge in [0.15, 0.2) is 0 Å². The molecule has 1 aromatic heterocycles. The van der Waals surface area contributed by atoms with Crippen LogP contribution < -0.4 is 25.8 Å². The summed E-state index contributed by atoms with van der Waals surface area (Å²) in [5.41, 5.74) is 7.59. The highest BCUT2D eigenvalue weighted by Gasteiger charge is 2.28. The quantitative estimate of drug-likeness (QED) is 0.309. The molecule has 4 rings (SSSR count). The van der Waals surface area contributed by atoms with Gasteiger partial charge < -0.3 is 30.6 Å². The van der Waals surface area contributed by atoms with Crippen molar-refractivity contribution in [3.63, 3.8) is 0 Å². The van der Waals surface area contributed by atoms with E-state index in [1.54, 1.807) is 42.5 Å². The molecule has 1 atom stereocenters. The maximum absolute atomic E-state index is 13.3. The second-order valence-corrected chi connectivity index (χ2v) is 8.76. The molecule has 1 fully saturated rings. The van der Waals surface area contributed by atoms with Crippen molar-refractivity contribution in [3.05, 3.63) is 64.0 Å². The number of thiophene rings is 1. The summed E-state index contributed by atoms with van der Waals surface area (Å²) >= 11 is 1.04. The van der Waals surface area contributed by atoms with E-state index in [4.69, 9.17) is 19.9 Å². The molecule has 11 heteroatoms. The highest BCUT2D eigenvalue weighted by Crippen LogP contribution is 2.39. The zero-order valence-corrected chi connectivity index (χ0v) is 20.2. The Morgan fingerprint density at radius 1 is 1.17 bits per heavy atom. The maximum Gasteiger partial charge on any atom is 0.328 e. The normalized spacial score (nSPS) is 14.5. The zero-order valence-electron chi connectivity index (χ0n) is 19.4. The third kappa shape index (κ3) is 4.80. The number of esters is 1. The number of amides is 1. The number of hydrogen-bond donors (Lipinski definition) is 3. The Balaban J connectivity index is 1.55. The lowest BCUT2D eigenvalue weighted by atomic mass is 10.1. The molecule has 1 aliphatic heterocycles. The summed E-state index contributed by atoms with van der Waals surface area (Å²) in [6.07, 6.45) is 0.435. The van der Waals surface area contributed by atoms with Crippen LogP contribution >= 0.6 is 11.3 Å². The first-order valence-electron chi connectivity index (χ1n) is 10.8. The van der Waals surface area contributed by atoms with Crippen LogP contribution in [0.1, 0.15) is 37.6 Å². The monoisotopic (exact) mass is 506 g/mol. The Morgan fingerprint density at radius 3 is 2.53 bits per heavy atom. The summed E-state index contributed by atoms with van der Waals surface area (Å²) < 4.78 is 15.4. The van der Waals surface area contributed by atoms with Crippen LogP contribution in [-0.2, 0) is 9.53 Å². The van der Waals surface area contributed by atoms with E-state index in [0.29, 0.717) is 34.2 Å². The number of ether oxygens (including phenoxy) is 3. The lowest BCUT2D eigenvalue weighted by Crippen LogP contribution is -2.37. The molecule has 1 saturated heterocycles. The van der Waals surface area contributed by atoms with Gasteiger partial charge in [0, 0.05) is 23.7 Å². The number of carbonyl (C=O) groups is 3. The second kappa shape index (κ2) is 10.4. The van der Waals surface area contributed by atoms with Gasteiger partial charge in [0.05, 0.1) is 32.1 Å². The van der Waals surface area contributed by atoms with Crippen LogP contribution in [0.25, 0.3) is 0 Å². The van der Waals surface area contributed by atoms with Crippen LogP contribution in [0.5, 0.6) is 11.5 Å². The molecular formula is C25H22N4O6S. The lowest BCUT2D eigenvalue weighted by molar-refractivity contribution is -0.139. The topological polar surface area (TPSA) is 153 Å². The number of rotatable bonds is 8. The first-order chi connectivity index (χ1) is 17.4. The van der Waals surface area contributed by atoms with E-state index in [0.717, 1.165) is 11.3 Å². The molecule has 0 saturated carbocycles. The third-order valence-electron chi connectivity index (χ3n) is 5.56. The van der Waals surface area contributed by atoms with Crippen LogP contribution in [0.15, 0.2) is 42.5 Å². The molecule has 0 radical (unpaired) electrons. The van der Waals surface area contributed by atoms with Crippen LogP contribution in [0, 0.1) is 11.3 Å². The first kappa shape index (κ1) is 24.6. The molecule has 1 aliphatic rings. The average molecular weight is 507 g/mol. The van der Waals surface area contributed by atoms with E-state index in [2.05, 4.69) is 10.6 Å². The van der Waals surface area contributed by atoms with Crippen LogP contribution in [-0.4, -0.2) is 44.5 Å². The molecule has 1 unspecified atom stereocenters. The van der Waals surface area contributed by atoms with Gasteiger partial charge in [-0.2, -0.15) is 5.26 Å². The Kier molecular flexibility index (Phi) is 7.07. The number of methoxy groups -OCH3 is 2. The van der Waals surface area contributed by atoms with Gasteiger partial charge in [0.1, 0.15) is 39.1 Å². The number of ketones is 1.